The average molecular weight is 409 g/mol. The minimum atomic E-state index is 0. The van der Waals surface area contributed by atoms with Crippen LogP contribution in [-0.2, 0) is 32.7 Å². The van der Waals surface area contributed by atoms with Gasteiger partial charge in [-0.15, -0.1) is 0 Å². The summed E-state index contributed by atoms with van der Waals surface area (Å²) in [4.78, 5) is 4.08. The Morgan fingerprint density at radius 2 is 1.82 bits per heavy atom. The van der Waals surface area contributed by atoms with Crippen LogP contribution in [0.3, 0.4) is 0 Å². The molecule has 113 valence electrons. The monoisotopic (exact) mass is 408 g/mol. The largest absolute Gasteiger partial charge is 0.301 e. The molecule has 0 aromatic heterocycles. The van der Waals surface area contributed by atoms with Crippen molar-refractivity contribution in [3.8, 4) is 0 Å². The fraction of sp³-hybridized carbons (Fsp3) is 0.278. The molecule has 4 heteroatoms. The Hall–Kier alpha value is -0.206. The van der Waals surface area contributed by atoms with Gasteiger partial charge >= 0.3 is 0 Å². The second-order valence-corrected chi connectivity index (χ2v) is 5.92. The van der Waals surface area contributed by atoms with E-state index >= 15 is 0 Å². The molecule has 0 fully saturated rings. The second-order valence-electron chi connectivity index (χ2n) is 5.10. The molecule has 0 aliphatic rings. The van der Waals surface area contributed by atoms with Gasteiger partial charge in [-0.05, 0) is 54.8 Å². The molecule has 1 nitrogen and oxygen atoms in total. The molecule has 1 radical (unpaired) electrons. The van der Waals surface area contributed by atoms with Crippen molar-refractivity contribution in [2.24, 2.45) is 4.99 Å². The molecule has 0 aliphatic heterocycles. The van der Waals surface area contributed by atoms with E-state index in [4.69, 9.17) is 23.2 Å². The van der Waals surface area contributed by atoms with Gasteiger partial charge in [0.05, 0.1) is 10.0 Å². The predicted octanol–water partition coefficient (Wildman–Crippen LogP) is 5.91. The first-order valence-corrected chi connectivity index (χ1v) is 7.80. The summed E-state index contributed by atoms with van der Waals surface area (Å²) in [5, 5.41) is 1.20. The predicted molar refractivity (Wildman–Crippen MR) is 93.1 cm³/mol. The van der Waals surface area contributed by atoms with Gasteiger partial charge in [0.15, 0.2) is 0 Å². The number of aryl methyl sites for hydroxylation is 1. The average Bonchev–Trinajstić information content (AvgIpc) is 2.48. The summed E-state index contributed by atoms with van der Waals surface area (Å²) in [6.45, 7) is 2.15. The first kappa shape index (κ1) is 19.8. The third-order valence-corrected chi connectivity index (χ3v) is 4.42. The standard InChI is InChI=1S/C18H19Cl2N.Y/c1-13-6-3-4-7-15(13)16(8-5-11-21-2)14-9-10-17(19)18(20)12-14;/h3-4,6-7,9-12,16H,5,8H2,1-2H3;/t16-;/m0./s1. The molecule has 0 aliphatic carbocycles. The number of aliphatic imine (C=N–C) groups is 1. The van der Waals surface area contributed by atoms with Gasteiger partial charge in [-0.2, -0.15) is 0 Å². The van der Waals surface area contributed by atoms with Gasteiger partial charge in [0.1, 0.15) is 0 Å². The Labute approximate surface area is 168 Å². The van der Waals surface area contributed by atoms with Crippen molar-refractivity contribution in [2.45, 2.75) is 25.7 Å². The Kier molecular flexibility index (Phi) is 8.86. The Morgan fingerprint density at radius 1 is 1.09 bits per heavy atom. The SMILES string of the molecule is CN=CCC[C@@H](c1ccc(Cl)c(Cl)c1)c1ccccc1C.[Y]. The number of rotatable bonds is 5. The van der Waals surface area contributed by atoms with Gasteiger partial charge in [-0.25, -0.2) is 0 Å². The molecule has 0 heterocycles. The molecule has 1 atom stereocenters. The number of hydrogen-bond acceptors (Lipinski definition) is 1. The van der Waals surface area contributed by atoms with Gasteiger partial charge in [0, 0.05) is 45.7 Å². The summed E-state index contributed by atoms with van der Waals surface area (Å²) in [6.07, 6.45) is 3.90. The normalized spacial score (nSPS) is 12.2. The molecule has 0 bridgehead atoms. The topological polar surface area (TPSA) is 12.4 Å². The number of hydrogen-bond donors (Lipinski definition) is 0. The summed E-state index contributed by atoms with van der Waals surface area (Å²) in [5.74, 6) is 0.305. The summed E-state index contributed by atoms with van der Waals surface area (Å²) in [5.41, 5.74) is 3.82. The van der Waals surface area contributed by atoms with Gasteiger partial charge in [-0.1, -0.05) is 53.5 Å². The molecule has 0 N–H and O–H groups in total. The molecule has 0 unspecified atom stereocenters. The van der Waals surface area contributed by atoms with E-state index < -0.39 is 0 Å². The fourth-order valence-corrected chi connectivity index (χ4v) is 2.89. The Balaban J connectivity index is 0.00000242. The maximum Gasteiger partial charge on any atom is 0.0595 e. The van der Waals surface area contributed by atoms with Crippen molar-refractivity contribution in [1.29, 1.82) is 0 Å². The van der Waals surface area contributed by atoms with Crippen molar-refractivity contribution in [2.75, 3.05) is 7.05 Å². The van der Waals surface area contributed by atoms with E-state index in [1.165, 1.54) is 16.7 Å². The maximum atomic E-state index is 6.19. The van der Waals surface area contributed by atoms with E-state index in [2.05, 4.69) is 42.2 Å². The van der Waals surface area contributed by atoms with Crippen molar-refractivity contribution in [3.05, 3.63) is 69.2 Å². The molecule has 0 saturated heterocycles. The van der Waals surface area contributed by atoms with E-state index in [9.17, 15) is 0 Å². The Bertz CT molecular complexity index is 641. The van der Waals surface area contributed by atoms with Gasteiger partial charge in [-0.3, -0.25) is 0 Å². The van der Waals surface area contributed by atoms with Crippen LogP contribution in [0.25, 0.3) is 0 Å². The summed E-state index contributed by atoms with van der Waals surface area (Å²) in [7, 11) is 1.81. The quantitative estimate of drug-likeness (QED) is 0.545. The molecule has 2 aromatic carbocycles. The zero-order chi connectivity index (χ0) is 15.2. The molecule has 0 spiro atoms. The first-order chi connectivity index (χ1) is 10.1. The van der Waals surface area contributed by atoms with E-state index in [0.717, 1.165) is 12.8 Å². The fourth-order valence-electron chi connectivity index (χ4n) is 2.58. The van der Waals surface area contributed by atoms with E-state index in [0.29, 0.717) is 16.0 Å². The van der Waals surface area contributed by atoms with Crippen molar-refractivity contribution in [3.63, 3.8) is 0 Å². The molecular formula is C18H19Cl2NY. The van der Waals surface area contributed by atoms with Crippen molar-refractivity contribution >= 4 is 29.4 Å². The molecule has 0 amide bonds. The molecular weight excluding hydrogens is 390 g/mol. The minimum Gasteiger partial charge on any atom is -0.301 e. The van der Waals surface area contributed by atoms with Gasteiger partial charge < -0.3 is 4.99 Å². The van der Waals surface area contributed by atoms with Gasteiger partial charge in [0.2, 0.25) is 0 Å². The maximum absolute atomic E-state index is 6.19. The third kappa shape index (κ3) is 5.16. The second kappa shape index (κ2) is 9.83. The molecule has 2 aromatic rings. The minimum absolute atomic E-state index is 0. The number of halogens is 2. The van der Waals surface area contributed by atoms with Crippen molar-refractivity contribution in [1.82, 2.24) is 0 Å². The van der Waals surface area contributed by atoms with Crippen LogP contribution in [0.1, 0.15) is 35.4 Å². The summed E-state index contributed by atoms with van der Waals surface area (Å²) < 4.78 is 0. The smallest absolute Gasteiger partial charge is 0.0595 e. The van der Waals surface area contributed by atoms with E-state index in [1.54, 1.807) is 0 Å². The van der Waals surface area contributed by atoms with Crippen molar-refractivity contribution < 1.29 is 32.7 Å². The number of benzene rings is 2. The first-order valence-electron chi connectivity index (χ1n) is 7.04. The van der Waals surface area contributed by atoms with Crippen LogP contribution in [0.2, 0.25) is 10.0 Å². The molecule has 2 rings (SSSR count). The van der Waals surface area contributed by atoms with Gasteiger partial charge in [0.25, 0.3) is 0 Å². The van der Waals surface area contributed by atoms with Crippen LogP contribution in [0.4, 0.5) is 0 Å². The van der Waals surface area contributed by atoms with Crippen LogP contribution in [0.15, 0.2) is 47.5 Å². The summed E-state index contributed by atoms with van der Waals surface area (Å²) in [6, 6.07) is 14.4. The zero-order valence-electron chi connectivity index (χ0n) is 12.9. The van der Waals surface area contributed by atoms with Crippen LogP contribution in [0.5, 0.6) is 0 Å². The van der Waals surface area contributed by atoms with Crippen LogP contribution in [0, 0.1) is 6.92 Å². The molecule has 0 saturated carbocycles. The number of nitrogens with zero attached hydrogens (tertiary/aromatic N) is 1. The van der Waals surface area contributed by atoms with E-state index in [1.807, 2.05) is 25.4 Å². The van der Waals surface area contributed by atoms with Crippen LogP contribution in [-0.4, -0.2) is 13.3 Å². The third-order valence-electron chi connectivity index (χ3n) is 3.68. The summed E-state index contributed by atoms with van der Waals surface area (Å²) >= 11 is 12.2. The Morgan fingerprint density at radius 3 is 2.45 bits per heavy atom. The van der Waals surface area contributed by atoms with Crippen LogP contribution >= 0.6 is 23.2 Å². The van der Waals surface area contributed by atoms with Crippen LogP contribution < -0.4 is 0 Å². The van der Waals surface area contributed by atoms with E-state index in [-0.39, 0.29) is 32.7 Å². The molecule has 22 heavy (non-hydrogen) atoms. The zero-order valence-corrected chi connectivity index (χ0v) is 17.2.